The Bertz CT molecular complexity index is 843. The summed E-state index contributed by atoms with van der Waals surface area (Å²) in [5.74, 6) is -0.664. The molecule has 6 heteroatoms. The molecule has 0 saturated heterocycles. The van der Waals surface area contributed by atoms with E-state index in [2.05, 4.69) is 10.1 Å². The molecule has 0 radical (unpaired) electrons. The highest BCUT2D eigenvalue weighted by molar-refractivity contribution is 6.06. The lowest BCUT2D eigenvalue weighted by molar-refractivity contribution is -0.117. The minimum Gasteiger partial charge on any atom is -0.465 e. The summed E-state index contributed by atoms with van der Waals surface area (Å²) in [6.07, 6.45) is 0.348. The van der Waals surface area contributed by atoms with Crippen LogP contribution in [0.1, 0.15) is 33.2 Å². The van der Waals surface area contributed by atoms with Crippen molar-refractivity contribution in [3.63, 3.8) is 0 Å². The molecular formula is C19H18N2O4. The van der Waals surface area contributed by atoms with Crippen molar-refractivity contribution in [1.29, 1.82) is 0 Å². The number of hydrogen-bond acceptors (Lipinski definition) is 4. The van der Waals surface area contributed by atoms with E-state index in [1.807, 2.05) is 19.1 Å². The highest BCUT2D eigenvalue weighted by Gasteiger charge is 2.26. The fourth-order valence-corrected chi connectivity index (χ4v) is 2.89. The third-order valence-electron chi connectivity index (χ3n) is 4.16. The fraction of sp³-hybridized carbons (Fsp3) is 0.211. The van der Waals surface area contributed by atoms with Crippen LogP contribution in [-0.4, -0.2) is 31.4 Å². The van der Waals surface area contributed by atoms with Crippen LogP contribution >= 0.6 is 0 Å². The number of fused-ring (bicyclic) bond motifs is 1. The van der Waals surface area contributed by atoms with Crippen molar-refractivity contribution in [1.82, 2.24) is 0 Å². The molecule has 128 valence electrons. The van der Waals surface area contributed by atoms with Crippen LogP contribution in [0.15, 0.2) is 42.5 Å². The molecule has 3 rings (SSSR count). The van der Waals surface area contributed by atoms with Crippen LogP contribution in [-0.2, 0) is 16.0 Å². The second kappa shape index (κ2) is 6.76. The summed E-state index contributed by atoms with van der Waals surface area (Å²) in [6.45, 7) is 2.56. The average Bonchev–Trinajstić information content (AvgIpc) is 2.95. The first kappa shape index (κ1) is 16.7. The Balaban J connectivity index is 1.75. The summed E-state index contributed by atoms with van der Waals surface area (Å²) >= 11 is 0. The molecular weight excluding hydrogens is 320 g/mol. The predicted molar refractivity (Wildman–Crippen MR) is 93.9 cm³/mol. The van der Waals surface area contributed by atoms with Gasteiger partial charge in [-0.2, -0.15) is 0 Å². The van der Waals surface area contributed by atoms with Crippen LogP contribution < -0.4 is 10.2 Å². The van der Waals surface area contributed by atoms with Crippen molar-refractivity contribution in [2.45, 2.75) is 13.3 Å². The Morgan fingerprint density at radius 2 is 1.80 bits per heavy atom. The Labute approximate surface area is 145 Å². The van der Waals surface area contributed by atoms with E-state index >= 15 is 0 Å². The summed E-state index contributed by atoms with van der Waals surface area (Å²) in [5, 5.41) is 2.81. The van der Waals surface area contributed by atoms with Gasteiger partial charge in [0, 0.05) is 23.5 Å². The maximum atomic E-state index is 12.3. The van der Waals surface area contributed by atoms with E-state index in [1.54, 1.807) is 35.2 Å². The maximum absolute atomic E-state index is 12.3. The molecule has 0 atom stereocenters. The summed E-state index contributed by atoms with van der Waals surface area (Å²) in [4.78, 5) is 37.4. The molecule has 0 unspecified atom stereocenters. The van der Waals surface area contributed by atoms with E-state index in [9.17, 15) is 14.4 Å². The van der Waals surface area contributed by atoms with Crippen molar-refractivity contribution >= 4 is 29.2 Å². The highest BCUT2D eigenvalue weighted by atomic mass is 16.5. The molecule has 0 aliphatic carbocycles. The van der Waals surface area contributed by atoms with Gasteiger partial charge in [-0.1, -0.05) is 0 Å². The summed E-state index contributed by atoms with van der Waals surface area (Å²) < 4.78 is 4.63. The molecule has 0 fully saturated rings. The molecule has 0 bridgehead atoms. The third kappa shape index (κ3) is 3.24. The molecule has 2 aromatic carbocycles. The fourth-order valence-electron chi connectivity index (χ4n) is 2.89. The number of esters is 1. The zero-order valence-corrected chi connectivity index (χ0v) is 14.0. The van der Waals surface area contributed by atoms with E-state index in [0.29, 0.717) is 29.8 Å². The first-order chi connectivity index (χ1) is 12.0. The Morgan fingerprint density at radius 1 is 1.12 bits per heavy atom. The van der Waals surface area contributed by atoms with Crippen molar-refractivity contribution in [2.24, 2.45) is 0 Å². The minimum atomic E-state index is -0.448. The van der Waals surface area contributed by atoms with Gasteiger partial charge >= 0.3 is 5.97 Å². The number of carbonyl (C=O) groups is 3. The Morgan fingerprint density at radius 3 is 2.44 bits per heavy atom. The number of nitrogens with one attached hydrogen (secondary N) is 1. The molecule has 1 aliphatic heterocycles. The second-order valence-electron chi connectivity index (χ2n) is 5.68. The number of carbonyl (C=O) groups excluding carboxylic acids is 3. The van der Waals surface area contributed by atoms with Gasteiger partial charge in [-0.25, -0.2) is 4.79 Å². The first-order valence-electron chi connectivity index (χ1n) is 7.96. The molecule has 2 amide bonds. The number of benzene rings is 2. The summed E-state index contributed by atoms with van der Waals surface area (Å²) in [6, 6.07) is 11.7. The van der Waals surface area contributed by atoms with Crippen LogP contribution in [0.5, 0.6) is 0 Å². The predicted octanol–water partition coefficient (Wildman–Crippen LogP) is 2.63. The van der Waals surface area contributed by atoms with Crippen molar-refractivity contribution < 1.29 is 19.1 Å². The van der Waals surface area contributed by atoms with Crippen LogP contribution in [0.25, 0.3) is 0 Å². The monoisotopic (exact) mass is 338 g/mol. The van der Waals surface area contributed by atoms with Gasteiger partial charge in [0.25, 0.3) is 5.91 Å². The molecule has 0 aromatic heterocycles. The molecule has 1 N–H and O–H groups in total. The number of nitrogens with zero attached hydrogens (tertiary/aromatic N) is 1. The normalized spacial score (nSPS) is 12.7. The van der Waals surface area contributed by atoms with Gasteiger partial charge < -0.3 is 15.0 Å². The number of amides is 2. The maximum Gasteiger partial charge on any atom is 0.337 e. The number of methoxy groups -OCH3 is 1. The van der Waals surface area contributed by atoms with Gasteiger partial charge in [0.1, 0.15) is 0 Å². The number of anilines is 2. The third-order valence-corrected chi connectivity index (χ3v) is 4.16. The SMILES string of the molecule is CCN1C(=O)Cc2cc(NC(=O)c3ccc(C(=O)OC)cc3)ccc21. The van der Waals surface area contributed by atoms with Crippen LogP contribution in [0.2, 0.25) is 0 Å². The Hall–Kier alpha value is -3.15. The van der Waals surface area contributed by atoms with E-state index in [4.69, 9.17) is 0 Å². The lowest BCUT2D eigenvalue weighted by atomic mass is 10.1. The van der Waals surface area contributed by atoms with Crippen LogP contribution in [0.3, 0.4) is 0 Å². The largest absolute Gasteiger partial charge is 0.465 e. The van der Waals surface area contributed by atoms with Crippen molar-refractivity contribution in [2.75, 3.05) is 23.9 Å². The minimum absolute atomic E-state index is 0.0689. The molecule has 1 heterocycles. The molecule has 0 saturated carbocycles. The molecule has 25 heavy (non-hydrogen) atoms. The number of likely N-dealkylation sites (N-methyl/N-ethyl adjacent to an activating group) is 1. The van der Waals surface area contributed by atoms with Crippen LogP contribution in [0.4, 0.5) is 11.4 Å². The van der Waals surface area contributed by atoms with Gasteiger partial charge in [-0.3, -0.25) is 9.59 Å². The zero-order chi connectivity index (χ0) is 18.0. The number of hydrogen-bond donors (Lipinski definition) is 1. The van der Waals surface area contributed by atoms with Gasteiger partial charge in [0.2, 0.25) is 5.91 Å². The van der Waals surface area contributed by atoms with E-state index in [1.165, 1.54) is 7.11 Å². The van der Waals surface area contributed by atoms with Gasteiger partial charge in [-0.15, -0.1) is 0 Å². The average molecular weight is 338 g/mol. The van der Waals surface area contributed by atoms with E-state index in [-0.39, 0.29) is 11.8 Å². The number of rotatable bonds is 4. The molecule has 0 spiro atoms. The topological polar surface area (TPSA) is 75.7 Å². The molecule has 6 nitrogen and oxygen atoms in total. The van der Waals surface area contributed by atoms with E-state index in [0.717, 1.165) is 11.3 Å². The summed E-state index contributed by atoms with van der Waals surface area (Å²) in [5.41, 5.74) is 3.25. The number of ether oxygens (including phenoxy) is 1. The second-order valence-corrected chi connectivity index (χ2v) is 5.68. The van der Waals surface area contributed by atoms with Gasteiger partial charge in [0.05, 0.1) is 19.1 Å². The van der Waals surface area contributed by atoms with E-state index < -0.39 is 5.97 Å². The molecule has 1 aliphatic rings. The smallest absolute Gasteiger partial charge is 0.337 e. The highest BCUT2D eigenvalue weighted by Crippen LogP contribution is 2.31. The van der Waals surface area contributed by atoms with Crippen LogP contribution in [0, 0.1) is 0 Å². The quantitative estimate of drug-likeness (QED) is 0.870. The van der Waals surface area contributed by atoms with Crippen molar-refractivity contribution in [3.8, 4) is 0 Å². The zero-order valence-electron chi connectivity index (χ0n) is 14.0. The van der Waals surface area contributed by atoms with Crippen molar-refractivity contribution in [3.05, 3.63) is 59.2 Å². The lowest BCUT2D eigenvalue weighted by Gasteiger charge is -2.15. The standard InChI is InChI=1S/C19H18N2O4/c1-3-21-16-9-8-15(10-14(16)11-17(21)22)20-18(23)12-4-6-13(7-5-12)19(24)25-2/h4-10H,3,11H2,1-2H3,(H,20,23). The Kier molecular flexibility index (Phi) is 4.52. The summed E-state index contributed by atoms with van der Waals surface area (Å²) in [7, 11) is 1.31. The van der Waals surface area contributed by atoms with Gasteiger partial charge in [0.15, 0.2) is 0 Å². The first-order valence-corrected chi connectivity index (χ1v) is 7.96. The molecule has 2 aromatic rings. The lowest BCUT2D eigenvalue weighted by Crippen LogP contribution is -2.25. The van der Waals surface area contributed by atoms with Gasteiger partial charge in [-0.05, 0) is 55.0 Å².